The molecule has 0 saturated heterocycles. The van der Waals surface area contributed by atoms with Crippen LogP contribution in [0.2, 0.25) is 0 Å². The van der Waals surface area contributed by atoms with Crippen LogP contribution in [0, 0.1) is 6.92 Å². The van der Waals surface area contributed by atoms with E-state index in [0.717, 1.165) is 10.9 Å². The molecule has 5 rings (SSSR count). The smallest absolute Gasteiger partial charge is 0.270 e. The van der Waals surface area contributed by atoms with E-state index < -0.39 is 17.2 Å². The molecule has 7 nitrogen and oxygen atoms in total. The lowest BCUT2D eigenvalue weighted by Gasteiger charge is -2.38. The van der Waals surface area contributed by atoms with Gasteiger partial charge in [0.25, 0.3) is 11.7 Å². The fourth-order valence-electron chi connectivity index (χ4n) is 4.88. The van der Waals surface area contributed by atoms with E-state index in [1.807, 2.05) is 32.0 Å². The summed E-state index contributed by atoms with van der Waals surface area (Å²) in [5, 5.41) is 15.8. The van der Waals surface area contributed by atoms with Crippen LogP contribution >= 0.6 is 0 Å². The Labute approximate surface area is 208 Å². The predicted octanol–water partition coefficient (Wildman–Crippen LogP) is 4.31. The molecule has 0 fully saturated rings. The number of hydrogen-bond donors (Lipinski definition) is 3. The maximum atomic E-state index is 13.7. The monoisotopic (exact) mass is 481 g/mol. The van der Waals surface area contributed by atoms with Crippen molar-refractivity contribution in [3.63, 3.8) is 0 Å². The van der Waals surface area contributed by atoms with Gasteiger partial charge in [-0.15, -0.1) is 0 Å². The molecule has 0 saturated carbocycles. The van der Waals surface area contributed by atoms with Crippen LogP contribution < -0.4 is 15.8 Å². The molecular formula is C29H27N3O4. The van der Waals surface area contributed by atoms with E-state index in [4.69, 9.17) is 10.5 Å². The minimum atomic E-state index is -2.25. The summed E-state index contributed by atoms with van der Waals surface area (Å²) in [6.07, 6.45) is 2.13. The Hall–Kier alpha value is -4.23. The van der Waals surface area contributed by atoms with Gasteiger partial charge in [0.05, 0.1) is 11.1 Å². The van der Waals surface area contributed by atoms with Gasteiger partial charge in [-0.05, 0) is 48.2 Å². The first-order valence-corrected chi connectivity index (χ1v) is 11.8. The topological polar surface area (TPSA) is 115 Å². The van der Waals surface area contributed by atoms with E-state index in [1.54, 1.807) is 61.7 Å². The van der Waals surface area contributed by atoms with Crippen molar-refractivity contribution in [1.82, 2.24) is 10.3 Å². The first-order chi connectivity index (χ1) is 17.2. The van der Waals surface area contributed by atoms with Crippen LogP contribution in [0.15, 0.2) is 72.9 Å². The number of amides is 1. The lowest BCUT2D eigenvalue weighted by molar-refractivity contribution is -0.187. The molecular weight excluding hydrogens is 454 g/mol. The van der Waals surface area contributed by atoms with Gasteiger partial charge in [-0.3, -0.25) is 9.78 Å². The van der Waals surface area contributed by atoms with Gasteiger partial charge in [-0.1, -0.05) is 56.3 Å². The molecule has 1 aliphatic rings. The largest absolute Gasteiger partial charge is 0.454 e. The molecule has 0 aliphatic carbocycles. The number of benzene rings is 3. The first-order valence-electron chi connectivity index (χ1n) is 11.8. The van der Waals surface area contributed by atoms with Crippen molar-refractivity contribution in [2.24, 2.45) is 0 Å². The summed E-state index contributed by atoms with van der Waals surface area (Å²) in [6, 6.07) is 19.3. The summed E-state index contributed by atoms with van der Waals surface area (Å²) < 4.78 is 6.18. The third kappa shape index (κ3) is 3.35. The molecule has 0 spiro atoms. The average Bonchev–Trinajstić information content (AvgIpc) is 3.12. The predicted molar refractivity (Wildman–Crippen MR) is 138 cm³/mol. The highest BCUT2D eigenvalue weighted by Gasteiger charge is 2.63. The highest BCUT2D eigenvalue weighted by atomic mass is 16.6. The minimum absolute atomic E-state index is 0.184. The highest BCUT2D eigenvalue weighted by molar-refractivity contribution is 6.07. The van der Waals surface area contributed by atoms with Gasteiger partial charge in [0, 0.05) is 28.4 Å². The molecule has 1 aromatic heterocycles. The molecule has 2 atom stereocenters. The van der Waals surface area contributed by atoms with Gasteiger partial charge in [0.2, 0.25) is 0 Å². The fraction of sp³-hybridized carbons (Fsp3) is 0.207. The van der Waals surface area contributed by atoms with Crippen molar-refractivity contribution in [3.05, 3.63) is 101 Å². The quantitative estimate of drug-likeness (QED) is 0.289. The molecule has 182 valence electrons. The Morgan fingerprint density at radius 2 is 1.83 bits per heavy atom. The first kappa shape index (κ1) is 23.5. The Morgan fingerprint density at radius 1 is 1.08 bits per heavy atom. The Balaban J connectivity index is 1.72. The van der Waals surface area contributed by atoms with Gasteiger partial charge in [-0.25, -0.2) is 0 Å². The molecule has 1 aliphatic heterocycles. The summed E-state index contributed by atoms with van der Waals surface area (Å²) >= 11 is 0. The molecule has 1 amide bonds. The number of para-hydroxylation sites is 1. The molecule has 4 aromatic rings. The summed E-state index contributed by atoms with van der Waals surface area (Å²) in [5.41, 5.74) is 7.52. The number of aliphatic hydroxyl groups is 1. The van der Waals surface area contributed by atoms with Crippen LogP contribution in [0.4, 0.5) is 5.69 Å². The zero-order valence-corrected chi connectivity index (χ0v) is 20.3. The van der Waals surface area contributed by atoms with E-state index in [0.29, 0.717) is 34.4 Å². The van der Waals surface area contributed by atoms with E-state index in [9.17, 15) is 14.7 Å². The number of ether oxygens (including phenoxy) is 1. The minimum Gasteiger partial charge on any atom is -0.454 e. The maximum absolute atomic E-state index is 13.7. The van der Waals surface area contributed by atoms with Crippen LogP contribution in [-0.2, 0) is 16.1 Å². The van der Waals surface area contributed by atoms with Crippen LogP contribution in [-0.4, -0.2) is 22.3 Å². The third-order valence-electron chi connectivity index (χ3n) is 6.99. The van der Waals surface area contributed by atoms with Gasteiger partial charge < -0.3 is 25.7 Å². The van der Waals surface area contributed by atoms with Gasteiger partial charge in [-0.2, -0.15) is 0 Å². The molecule has 3 aromatic carbocycles. The Bertz CT molecular complexity index is 1510. The fourth-order valence-corrected chi connectivity index (χ4v) is 4.88. The number of nitrogen functional groups attached to an aromatic ring is 1. The third-order valence-corrected chi connectivity index (χ3v) is 6.99. The van der Waals surface area contributed by atoms with E-state index in [-0.39, 0.29) is 17.0 Å². The van der Waals surface area contributed by atoms with E-state index in [2.05, 4.69) is 10.3 Å². The normalized spacial score (nSPS) is 20.7. The van der Waals surface area contributed by atoms with E-state index >= 15 is 0 Å². The van der Waals surface area contributed by atoms with E-state index in [1.165, 1.54) is 0 Å². The van der Waals surface area contributed by atoms with Crippen molar-refractivity contribution in [2.45, 2.75) is 38.0 Å². The number of rotatable bonds is 5. The molecule has 36 heavy (non-hydrogen) atoms. The van der Waals surface area contributed by atoms with Crippen molar-refractivity contribution in [1.29, 1.82) is 0 Å². The number of fused-ring (bicyclic) bond motifs is 2. The lowest BCUT2D eigenvalue weighted by atomic mass is 9.78. The number of carbonyl (C=O) groups is 2. The average molecular weight is 482 g/mol. The van der Waals surface area contributed by atoms with Crippen molar-refractivity contribution in [2.75, 3.05) is 5.73 Å². The SMILES string of the molecule is Cc1c(N)cccc1C1(O)Oc2cc(C(C)C)ccc2C1(C=O)NC(=O)c1cccc2cccnc12. The zero-order chi connectivity index (χ0) is 25.7. The lowest BCUT2D eigenvalue weighted by Crippen LogP contribution is -2.61. The van der Waals surface area contributed by atoms with Crippen LogP contribution in [0.1, 0.15) is 52.4 Å². The van der Waals surface area contributed by atoms with Crippen molar-refractivity contribution in [3.8, 4) is 5.75 Å². The second kappa shape index (κ2) is 8.46. The number of aldehydes is 1. The molecule has 0 bridgehead atoms. The number of carbonyl (C=O) groups excluding carboxylic acids is 2. The molecule has 2 heterocycles. The number of nitrogens with two attached hydrogens (primary N) is 1. The van der Waals surface area contributed by atoms with Crippen molar-refractivity contribution >= 4 is 28.8 Å². The number of nitrogens with one attached hydrogen (secondary N) is 1. The number of anilines is 1. The standard InChI is InChI=1S/C29H27N3O4/c1-17(2)20-12-13-23-25(15-20)36-29(35,22-10-5-11-24(30)18(22)3)28(23,16-33)32-27(34)21-9-4-7-19-8-6-14-31-26(19)21/h4-17,35H,30H2,1-3H3,(H,32,34). The maximum Gasteiger partial charge on any atom is 0.270 e. The number of hydrogen-bond acceptors (Lipinski definition) is 6. The number of aromatic nitrogens is 1. The molecule has 2 unspecified atom stereocenters. The number of nitrogens with zero attached hydrogens (tertiary/aromatic N) is 1. The molecule has 4 N–H and O–H groups in total. The molecule has 7 heteroatoms. The summed E-state index contributed by atoms with van der Waals surface area (Å²) in [5.74, 6) is -2.33. The van der Waals surface area contributed by atoms with Gasteiger partial charge in [0.15, 0.2) is 11.8 Å². The summed E-state index contributed by atoms with van der Waals surface area (Å²) in [6.45, 7) is 5.81. The second-order valence-electron chi connectivity index (χ2n) is 9.44. The second-order valence-corrected chi connectivity index (χ2v) is 9.44. The Kier molecular flexibility index (Phi) is 5.53. The zero-order valence-electron chi connectivity index (χ0n) is 20.3. The number of pyridine rings is 1. The van der Waals surface area contributed by atoms with Crippen LogP contribution in [0.25, 0.3) is 10.9 Å². The van der Waals surface area contributed by atoms with Crippen molar-refractivity contribution < 1.29 is 19.4 Å². The molecule has 0 radical (unpaired) electrons. The Morgan fingerprint density at radius 3 is 2.58 bits per heavy atom. The summed E-state index contributed by atoms with van der Waals surface area (Å²) in [4.78, 5) is 31.1. The highest BCUT2D eigenvalue weighted by Crippen LogP contribution is 2.52. The van der Waals surface area contributed by atoms with Gasteiger partial charge in [0.1, 0.15) is 5.75 Å². The summed E-state index contributed by atoms with van der Waals surface area (Å²) in [7, 11) is 0. The van der Waals surface area contributed by atoms with Crippen LogP contribution in [0.5, 0.6) is 5.75 Å². The van der Waals surface area contributed by atoms with Gasteiger partial charge >= 0.3 is 0 Å². The van der Waals surface area contributed by atoms with Crippen LogP contribution in [0.3, 0.4) is 0 Å².